The fourth-order valence-corrected chi connectivity index (χ4v) is 2.90. The van der Waals surface area contributed by atoms with E-state index in [1.165, 1.54) is 0 Å². The van der Waals surface area contributed by atoms with E-state index in [1.54, 1.807) is 31.3 Å². The van der Waals surface area contributed by atoms with Crippen LogP contribution in [0.15, 0.2) is 18.2 Å². The first kappa shape index (κ1) is 17.9. The Morgan fingerprint density at radius 2 is 2.08 bits per heavy atom. The van der Waals surface area contributed by atoms with E-state index in [9.17, 15) is 9.59 Å². The zero-order valence-corrected chi connectivity index (χ0v) is 14.2. The third-order valence-electron chi connectivity index (χ3n) is 4.30. The molecule has 1 aromatic rings. The van der Waals surface area contributed by atoms with Gasteiger partial charge in [0.25, 0.3) is 0 Å². The number of carbonyl (C=O) groups excluding carboxylic acids is 1. The van der Waals surface area contributed by atoms with Gasteiger partial charge < -0.3 is 24.8 Å². The Kier molecular flexibility index (Phi) is 5.89. The number of nitrogens with one attached hydrogen (secondary N) is 1. The summed E-state index contributed by atoms with van der Waals surface area (Å²) in [6.07, 6.45) is 1.31. The Labute approximate surface area is 141 Å². The lowest BCUT2D eigenvalue weighted by Crippen LogP contribution is -2.47. The molecule has 1 aromatic carbocycles. The van der Waals surface area contributed by atoms with Crippen molar-refractivity contribution in [2.75, 3.05) is 27.3 Å². The standard InChI is InChI=1S/C17H24N2O5/c1-11(14-9-13(23-2)6-7-15(14)24-3)18-17(22)19-8-4-5-12(10-19)16(20)21/h6-7,9,11-12H,4-5,8,10H2,1-3H3,(H,18,22)(H,20,21). The molecule has 7 heteroatoms. The monoisotopic (exact) mass is 336 g/mol. The second-order valence-electron chi connectivity index (χ2n) is 5.90. The lowest BCUT2D eigenvalue weighted by atomic mass is 9.98. The maximum atomic E-state index is 12.5. The van der Waals surface area contributed by atoms with Gasteiger partial charge in [-0.25, -0.2) is 4.79 Å². The molecule has 1 saturated heterocycles. The molecule has 1 heterocycles. The van der Waals surface area contributed by atoms with Crippen LogP contribution in [-0.4, -0.2) is 49.3 Å². The van der Waals surface area contributed by atoms with Gasteiger partial charge in [-0.3, -0.25) is 4.79 Å². The molecule has 2 unspecified atom stereocenters. The average molecular weight is 336 g/mol. The number of carboxylic acids is 1. The number of amides is 2. The summed E-state index contributed by atoms with van der Waals surface area (Å²) in [5.74, 6) is -0.0114. The highest BCUT2D eigenvalue weighted by atomic mass is 16.5. The van der Waals surface area contributed by atoms with Gasteiger partial charge >= 0.3 is 12.0 Å². The van der Waals surface area contributed by atoms with Crippen LogP contribution < -0.4 is 14.8 Å². The number of piperidine rings is 1. The first-order valence-corrected chi connectivity index (χ1v) is 7.96. The molecule has 1 fully saturated rings. The summed E-state index contributed by atoms with van der Waals surface area (Å²) < 4.78 is 10.6. The number of aliphatic carboxylic acids is 1. The van der Waals surface area contributed by atoms with Gasteiger partial charge in [-0.2, -0.15) is 0 Å². The second kappa shape index (κ2) is 7.90. The van der Waals surface area contributed by atoms with Crippen LogP contribution in [0, 0.1) is 5.92 Å². The third kappa shape index (κ3) is 4.10. The highest BCUT2D eigenvalue weighted by Gasteiger charge is 2.29. The highest BCUT2D eigenvalue weighted by molar-refractivity contribution is 5.77. The van der Waals surface area contributed by atoms with Crippen molar-refractivity contribution in [2.45, 2.75) is 25.8 Å². The molecule has 2 N–H and O–H groups in total. The molecule has 0 saturated carbocycles. The van der Waals surface area contributed by atoms with Crippen molar-refractivity contribution in [3.05, 3.63) is 23.8 Å². The molecule has 0 bridgehead atoms. The predicted molar refractivity (Wildman–Crippen MR) is 88.4 cm³/mol. The van der Waals surface area contributed by atoms with E-state index >= 15 is 0 Å². The van der Waals surface area contributed by atoms with E-state index in [1.807, 2.05) is 13.0 Å². The van der Waals surface area contributed by atoms with Crippen molar-refractivity contribution in [1.29, 1.82) is 0 Å². The molecule has 7 nitrogen and oxygen atoms in total. The lowest BCUT2D eigenvalue weighted by molar-refractivity contribution is -0.143. The second-order valence-corrected chi connectivity index (χ2v) is 5.90. The Morgan fingerprint density at radius 1 is 1.33 bits per heavy atom. The van der Waals surface area contributed by atoms with E-state index in [-0.39, 0.29) is 18.6 Å². The summed E-state index contributed by atoms with van der Waals surface area (Å²) in [7, 11) is 3.15. The zero-order valence-electron chi connectivity index (χ0n) is 14.2. The van der Waals surface area contributed by atoms with Crippen molar-refractivity contribution < 1.29 is 24.2 Å². The van der Waals surface area contributed by atoms with Crippen LogP contribution in [0.4, 0.5) is 4.79 Å². The molecular formula is C17H24N2O5. The first-order chi connectivity index (χ1) is 11.5. The lowest BCUT2D eigenvalue weighted by Gasteiger charge is -2.32. The van der Waals surface area contributed by atoms with Crippen LogP contribution in [0.25, 0.3) is 0 Å². The number of hydrogen-bond donors (Lipinski definition) is 2. The quantitative estimate of drug-likeness (QED) is 0.861. The number of benzene rings is 1. The van der Waals surface area contributed by atoms with Gasteiger partial charge in [0.15, 0.2) is 0 Å². The van der Waals surface area contributed by atoms with Gasteiger partial charge in [-0.1, -0.05) is 0 Å². The van der Waals surface area contributed by atoms with Crippen LogP contribution in [0.5, 0.6) is 11.5 Å². The maximum absolute atomic E-state index is 12.5. The van der Waals surface area contributed by atoms with Crippen molar-refractivity contribution >= 4 is 12.0 Å². The Morgan fingerprint density at radius 3 is 2.71 bits per heavy atom. The van der Waals surface area contributed by atoms with E-state index in [2.05, 4.69) is 5.32 Å². The van der Waals surface area contributed by atoms with Crippen LogP contribution >= 0.6 is 0 Å². The van der Waals surface area contributed by atoms with E-state index < -0.39 is 11.9 Å². The molecule has 2 amide bonds. The summed E-state index contributed by atoms with van der Waals surface area (Å²) >= 11 is 0. The Bertz CT molecular complexity index is 605. The minimum Gasteiger partial charge on any atom is -0.497 e. The maximum Gasteiger partial charge on any atom is 0.317 e. The number of ether oxygens (including phenoxy) is 2. The molecule has 0 radical (unpaired) electrons. The van der Waals surface area contributed by atoms with Gasteiger partial charge in [0.2, 0.25) is 0 Å². The van der Waals surface area contributed by atoms with Gasteiger partial charge in [-0.15, -0.1) is 0 Å². The summed E-state index contributed by atoms with van der Waals surface area (Å²) in [5.41, 5.74) is 0.803. The molecule has 2 atom stereocenters. The van der Waals surface area contributed by atoms with Crippen molar-refractivity contribution in [2.24, 2.45) is 5.92 Å². The first-order valence-electron chi connectivity index (χ1n) is 7.96. The van der Waals surface area contributed by atoms with Crippen LogP contribution in [0.1, 0.15) is 31.4 Å². The minimum atomic E-state index is -0.852. The molecule has 0 spiro atoms. The molecular weight excluding hydrogens is 312 g/mol. The van der Waals surface area contributed by atoms with E-state index in [0.29, 0.717) is 30.9 Å². The Hall–Kier alpha value is -2.44. The SMILES string of the molecule is COc1ccc(OC)c(C(C)NC(=O)N2CCCC(C(=O)O)C2)c1. The van der Waals surface area contributed by atoms with Crippen LogP contribution in [0.2, 0.25) is 0 Å². The summed E-state index contributed by atoms with van der Waals surface area (Å²) in [6.45, 7) is 2.66. The number of carboxylic acid groups (broad SMARTS) is 1. The number of carbonyl (C=O) groups is 2. The highest BCUT2D eigenvalue weighted by Crippen LogP contribution is 2.29. The van der Waals surface area contributed by atoms with Crippen molar-refractivity contribution in [3.8, 4) is 11.5 Å². The number of hydrogen-bond acceptors (Lipinski definition) is 4. The molecule has 0 aliphatic carbocycles. The molecule has 132 valence electrons. The van der Waals surface area contributed by atoms with Crippen LogP contribution in [-0.2, 0) is 4.79 Å². The van der Waals surface area contributed by atoms with Gasteiger partial charge in [-0.05, 0) is 38.0 Å². The zero-order chi connectivity index (χ0) is 17.7. The number of urea groups is 1. The molecule has 2 rings (SSSR count). The molecule has 1 aliphatic rings. The predicted octanol–water partition coefficient (Wildman–Crippen LogP) is 2.27. The third-order valence-corrected chi connectivity index (χ3v) is 4.30. The minimum absolute atomic E-state index is 0.239. The number of nitrogens with zero attached hydrogens (tertiary/aromatic N) is 1. The number of rotatable bonds is 5. The topological polar surface area (TPSA) is 88.1 Å². The van der Waals surface area contributed by atoms with Crippen molar-refractivity contribution in [3.63, 3.8) is 0 Å². The van der Waals surface area contributed by atoms with Gasteiger partial charge in [0, 0.05) is 18.7 Å². The fraction of sp³-hybridized carbons (Fsp3) is 0.529. The summed E-state index contributed by atoms with van der Waals surface area (Å²) in [4.78, 5) is 25.1. The number of likely N-dealkylation sites (tertiary alicyclic amines) is 1. The largest absolute Gasteiger partial charge is 0.497 e. The fourth-order valence-electron chi connectivity index (χ4n) is 2.90. The number of methoxy groups -OCH3 is 2. The van der Waals surface area contributed by atoms with E-state index in [0.717, 1.165) is 5.56 Å². The summed E-state index contributed by atoms with van der Waals surface area (Å²) in [6, 6.07) is 4.84. The van der Waals surface area contributed by atoms with E-state index in [4.69, 9.17) is 14.6 Å². The van der Waals surface area contributed by atoms with Gasteiger partial charge in [0.05, 0.1) is 26.2 Å². The van der Waals surface area contributed by atoms with Crippen LogP contribution in [0.3, 0.4) is 0 Å². The molecule has 24 heavy (non-hydrogen) atoms. The van der Waals surface area contributed by atoms with Crippen molar-refractivity contribution in [1.82, 2.24) is 10.2 Å². The molecule has 1 aliphatic heterocycles. The normalized spacial score (nSPS) is 18.6. The average Bonchev–Trinajstić information content (AvgIpc) is 2.61. The Balaban J connectivity index is 2.07. The molecule has 0 aromatic heterocycles. The summed E-state index contributed by atoms with van der Waals surface area (Å²) in [5, 5.41) is 12.0. The smallest absolute Gasteiger partial charge is 0.317 e. The van der Waals surface area contributed by atoms with Gasteiger partial charge in [0.1, 0.15) is 11.5 Å².